The maximum atomic E-state index is 13.0. The summed E-state index contributed by atoms with van der Waals surface area (Å²) in [6.45, 7) is 1.33. The topological polar surface area (TPSA) is 119 Å². The molecular weight excluding hydrogens is 436 g/mol. The summed E-state index contributed by atoms with van der Waals surface area (Å²) in [6, 6.07) is 22.9. The van der Waals surface area contributed by atoms with E-state index in [1.165, 1.54) is 6.92 Å². The molecule has 9 nitrogen and oxygen atoms in total. The van der Waals surface area contributed by atoms with Gasteiger partial charge in [-0.2, -0.15) is 9.78 Å². The minimum Gasteiger partial charge on any atom is -0.448 e. The van der Waals surface area contributed by atoms with Crippen molar-refractivity contribution in [2.45, 2.75) is 13.0 Å². The molecule has 1 atom stereocenters. The van der Waals surface area contributed by atoms with E-state index in [1.54, 1.807) is 84.9 Å². The van der Waals surface area contributed by atoms with Crippen LogP contribution in [0.25, 0.3) is 16.5 Å². The van der Waals surface area contributed by atoms with E-state index in [4.69, 9.17) is 4.74 Å². The Balaban J connectivity index is 1.55. The van der Waals surface area contributed by atoms with Gasteiger partial charge < -0.3 is 10.1 Å². The molecule has 1 unspecified atom stereocenters. The third-order valence-electron chi connectivity index (χ3n) is 4.92. The van der Waals surface area contributed by atoms with Crippen molar-refractivity contribution in [3.8, 4) is 5.69 Å². The Morgan fingerprint density at radius 1 is 0.853 bits per heavy atom. The molecule has 1 aromatic heterocycles. The summed E-state index contributed by atoms with van der Waals surface area (Å²) >= 11 is 0. The van der Waals surface area contributed by atoms with E-state index in [1.807, 2.05) is 0 Å². The lowest BCUT2D eigenvalue weighted by Gasteiger charge is -2.15. The second-order valence-electron chi connectivity index (χ2n) is 7.30. The zero-order valence-corrected chi connectivity index (χ0v) is 18.1. The Bertz CT molecular complexity index is 1420. The fraction of sp³-hybridized carbons (Fsp3) is 0.0800. The number of carbonyl (C=O) groups excluding carboxylic acids is 3. The van der Waals surface area contributed by atoms with Crippen LogP contribution in [-0.4, -0.2) is 33.8 Å². The zero-order chi connectivity index (χ0) is 24.1. The van der Waals surface area contributed by atoms with Gasteiger partial charge in [0.25, 0.3) is 11.5 Å². The Morgan fingerprint density at radius 2 is 1.44 bits per heavy atom. The van der Waals surface area contributed by atoms with Crippen molar-refractivity contribution in [1.29, 1.82) is 0 Å². The number of ether oxygens (including phenoxy) is 1. The molecule has 0 spiro atoms. The van der Waals surface area contributed by atoms with E-state index < -0.39 is 29.6 Å². The molecule has 3 amide bonds. The molecule has 4 rings (SSSR count). The van der Waals surface area contributed by atoms with Gasteiger partial charge in [-0.15, -0.1) is 0 Å². The third kappa shape index (κ3) is 4.83. The number of para-hydroxylation sites is 2. The number of amides is 3. The van der Waals surface area contributed by atoms with E-state index in [-0.39, 0.29) is 11.1 Å². The number of nitrogens with one attached hydrogen (secondary N) is 2. The van der Waals surface area contributed by atoms with E-state index in [0.29, 0.717) is 16.8 Å². The predicted molar refractivity (Wildman–Crippen MR) is 126 cm³/mol. The van der Waals surface area contributed by atoms with Crippen LogP contribution in [0.1, 0.15) is 17.4 Å². The molecule has 0 bridgehead atoms. The molecule has 0 saturated carbocycles. The third-order valence-corrected chi connectivity index (χ3v) is 4.92. The van der Waals surface area contributed by atoms with Crippen LogP contribution in [0.2, 0.25) is 0 Å². The van der Waals surface area contributed by atoms with Crippen LogP contribution in [-0.2, 0) is 9.53 Å². The van der Waals surface area contributed by atoms with Crippen molar-refractivity contribution < 1.29 is 19.1 Å². The molecule has 9 heteroatoms. The lowest BCUT2D eigenvalue weighted by atomic mass is 10.1. The number of esters is 1. The summed E-state index contributed by atoms with van der Waals surface area (Å²) in [5.74, 6) is -1.73. The average molecular weight is 456 g/mol. The minimum atomic E-state index is -1.30. The molecule has 2 N–H and O–H groups in total. The summed E-state index contributed by atoms with van der Waals surface area (Å²) < 4.78 is 6.39. The number of benzene rings is 3. The molecule has 34 heavy (non-hydrogen) atoms. The van der Waals surface area contributed by atoms with Gasteiger partial charge in [-0.25, -0.2) is 9.59 Å². The first-order chi connectivity index (χ1) is 16.4. The predicted octanol–water partition coefficient (Wildman–Crippen LogP) is 3.28. The highest BCUT2D eigenvalue weighted by Crippen LogP contribution is 2.17. The van der Waals surface area contributed by atoms with Crippen LogP contribution in [0, 0.1) is 0 Å². The van der Waals surface area contributed by atoms with E-state index in [2.05, 4.69) is 15.7 Å². The number of imide groups is 1. The van der Waals surface area contributed by atoms with Crippen molar-refractivity contribution in [2.24, 2.45) is 0 Å². The summed E-state index contributed by atoms with van der Waals surface area (Å²) in [5.41, 5.74) is 0.432. The number of rotatable bonds is 5. The Kier molecular flexibility index (Phi) is 6.45. The van der Waals surface area contributed by atoms with Gasteiger partial charge in [-0.1, -0.05) is 54.6 Å². The fourth-order valence-corrected chi connectivity index (χ4v) is 3.25. The highest BCUT2D eigenvalue weighted by Gasteiger charge is 2.24. The lowest BCUT2D eigenvalue weighted by Crippen LogP contribution is -2.41. The van der Waals surface area contributed by atoms with Gasteiger partial charge in [0.2, 0.25) is 0 Å². The quantitative estimate of drug-likeness (QED) is 0.445. The van der Waals surface area contributed by atoms with Crippen molar-refractivity contribution >= 4 is 34.4 Å². The van der Waals surface area contributed by atoms with Crippen LogP contribution in [0.15, 0.2) is 89.7 Å². The van der Waals surface area contributed by atoms with Gasteiger partial charge >= 0.3 is 12.0 Å². The maximum Gasteiger partial charge on any atom is 0.360 e. The van der Waals surface area contributed by atoms with Crippen LogP contribution < -0.4 is 16.2 Å². The first-order valence-electron chi connectivity index (χ1n) is 10.4. The number of carbonyl (C=O) groups is 3. The van der Waals surface area contributed by atoms with Crippen LogP contribution in [0.4, 0.5) is 10.5 Å². The fourth-order valence-electron chi connectivity index (χ4n) is 3.25. The number of hydrogen-bond acceptors (Lipinski definition) is 6. The van der Waals surface area contributed by atoms with Gasteiger partial charge in [0.05, 0.1) is 11.1 Å². The number of fused-ring (bicyclic) bond motifs is 1. The number of hydrogen-bond donors (Lipinski definition) is 2. The maximum absolute atomic E-state index is 13.0. The molecule has 0 aliphatic carbocycles. The van der Waals surface area contributed by atoms with Gasteiger partial charge in [-0.05, 0) is 37.3 Å². The summed E-state index contributed by atoms with van der Waals surface area (Å²) in [7, 11) is 0. The highest BCUT2D eigenvalue weighted by molar-refractivity contribution is 6.05. The summed E-state index contributed by atoms with van der Waals surface area (Å²) in [6.07, 6.45) is -1.30. The Hall–Kier alpha value is -4.79. The molecule has 3 aromatic carbocycles. The SMILES string of the molecule is CC(OC(=O)c1nn(-c2ccccc2)c(=O)c2ccccc12)C(=O)NC(=O)Nc1ccccc1. The van der Waals surface area contributed by atoms with Crippen LogP contribution >= 0.6 is 0 Å². The largest absolute Gasteiger partial charge is 0.448 e. The van der Waals surface area contributed by atoms with Crippen molar-refractivity contribution in [1.82, 2.24) is 15.1 Å². The molecule has 0 fully saturated rings. The van der Waals surface area contributed by atoms with E-state index >= 15 is 0 Å². The summed E-state index contributed by atoms with van der Waals surface area (Å²) in [4.78, 5) is 50.4. The van der Waals surface area contributed by atoms with Gasteiger partial charge in [0.15, 0.2) is 11.8 Å². The lowest BCUT2D eigenvalue weighted by molar-refractivity contribution is -0.127. The second-order valence-corrected chi connectivity index (χ2v) is 7.30. The van der Waals surface area contributed by atoms with Crippen LogP contribution in [0.3, 0.4) is 0 Å². The molecule has 0 radical (unpaired) electrons. The Labute approximate surface area is 194 Å². The number of anilines is 1. The molecule has 0 aliphatic rings. The standard InChI is InChI=1S/C25H20N4O5/c1-16(22(30)27-25(33)26-17-10-4-2-5-11-17)34-24(32)21-19-14-8-9-15-20(19)23(31)29(28-21)18-12-6-3-7-13-18/h2-16H,1H3,(H2,26,27,30,33). The van der Waals surface area contributed by atoms with Crippen LogP contribution in [0.5, 0.6) is 0 Å². The molecule has 170 valence electrons. The number of aromatic nitrogens is 2. The summed E-state index contributed by atoms with van der Waals surface area (Å²) in [5, 5.41) is 9.41. The molecular formula is C25H20N4O5. The molecule has 0 aliphatic heterocycles. The first kappa shape index (κ1) is 22.4. The zero-order valence-electron chi connectivity index (χ0n) is 18.1. The first-order valence-corrected chi connectivity index (χ1v) is 10.4. The smallest absolute Gasteiger partial charge is 0.360 e. The molecule has 0 saturated heterocycles. The molecule has 1 heterocycles. The average Bonchev–Trinajstić information content (AvgIpc) is 2.85. The minimum absolute atomic E-state index is 0.132. The highest BCUT2D eigenvalue weighted by atomic mass is 16.5. The van der Waals surface area contributed by atoms with Crippen molar-refractivity contribution in [2.75, 3.05) is 5.32 Å². The van der Waals surface area contributed by atoms with Gasteiger partial charge in [0.1, 0.15) is 0 Å². The van der Waals surface area contributed by atoms with E-state index in [0.717, 1.165) is 4.68 Å². The second kappa shape index (κ2) is 9.78. The van der Waals surface area contributed by atoms with Crippen molar-refractivity contribution in [3.05, 3.63) is 101 Å². The van der Waals surface area contributed by atoms with E-state index in [9.17, 15) is 19.2 Å². The molecule has 4 aromatic rings. The normalized spacial score (nSPS) is 11.4. The van der Waals surface area contributed by atoms with Gasteiger partial charge in [-0.3, -0.25) is 14.9 Å². The number of nitrogens with zero attached hydrogens (tertiary/aromatic N) is 2. The van der Waals surface area contributed by atoms with Crippen molar-refractivity contribution in [3.63, 3.8) is 0 Å². The monoisotopic (exact) mass is 456 g/mol. The van der Waals surface area contributed by atoms with Gasteiger partial charge in [0, 0.05) is 11.1 Å². The Morgan fingerprint density at radius 3 is 2.12 bits per heavy atom. The number of urea groups is 1.